The van der Waals surface area contributed by atoms with Gasteiger partial charge in [0.05, 0.1) is 17.0 Å². The number of benzene rings is 1. The van der Waals surface area contributed by atoms with Crippen LogP contribution in [0.2, 0.25) is 0 Å². The smallest absolute Gasteiger partial charge is 0.349 e. The molecule has 5 rings (SSSR count). The molecule has 3 aliphatic rings. The summed E-state index contributed by atoms with van der Waals surface area (Å²) >= 11 is 4.34. The first-order valence-electron chi connectivity index (χ1n) is 14.4. The Bertz CT molecular complexity index is 1370. The monoisotopic (exact) mass is 583 g/mol. The molecule has 1 saturated carbocycles. The van der Waals surface area contributed by atoms with Crippen molar-refractivity contribution in [3.8, 4) is 0 Å². The van der Waals surface area contributed by atoms with Gasteiger partial charge >= 0.3 is 6.18 Å². The van der Waals surface area contributed by atoms with Crippen molar-refractivity contribution in [2.45, 2.75) is 64.0 Å². The molecule has 1 aromatic heterocycles. The van der Waals surface area contributed by atoms with E-state index < -0.39 is 11.7 Å². The quantitative estimate of drug-likeness (QED) is 0.328. The number of likely N-dealkylation sites (tertiary alicyclic amines) is 1. The van der Waals surface area contributed by atoms with E-state index >= 15 is 0 Å². The molecular formula is C32H40F3N5S. The van der Waals surface area contributed by atoms with Crippen molar-refractivity contribution in [1.29, 1.82) is 0 Å². The number of aromatic nitrogens is 2. The number of allylic oxidation sites excluding steroid dienone is 1. The van der Waals surface area contributed by atoms with Gasteiger partial charge in [-0.25, -0.2) is 4.09 Å². The number of nitrogens with zero attached hydrogens (tertiary/aromatic N) is 5. The van der Waals surface area contributed by atoms with E-state index in [0.717, 1.165) is 62.1 Å². The highest BCUT2D eigenvalue weighted by Gasteiger charge is 2.41. The van der Waals surface area contributed by atoms with Gasteiger partial charge in [-0.05, 0) is 92.8 Å². The summed E-state index contributed by atoms with van der Waals surface area (Å²) in [6.07, 6.45) is 9.94. The first-order valence-corrected chi connectivity index (χ1v) is 14.8. The summed E-state index contributed by atoms with van der Waals surface area (Å²) in [5.41, 5.74) is 4.15. The molecule has 9 heteroatoms. The maximum atomic E-state index is 14.4. The van der Waals surface area contributed by atoms with Crippen LogP contribution in [0.5, 0.6) is 0 Å². The molecule has 1 aliphatic carbocycles. The summed E-state index contributed by atoms with van der Waals surface area (Å²) in [5.74, 6) is 0.563. The molecule has 0 N–H and O–H groups in total. The highest BCUT2D eigenvalue weighted by molar-refractivity contribution is 7.78. The highest BCUT2D eigenvalue weighted by Crippen LogP contribution is 2.47. The topological polar surface area (TPSA) is 27.5 Å². The Labute approximate surface area is 247 Å². The van der Waals surface area contributed by atoms with Crippen LogP contribution in [0.15, 0.2) is 78.6 Å². The van der Waals surface area contributed by atoms with Crippen molar-refractivity contribution in [2.24, 2.45) is 5.92 Å². The van der Waals surface area contributed by atoms with Gasteiger partial charge in [-0.3, -0.25) is 4.90 Å². The molecule has 5 nitrogen and oxygen atoms in total. The Balaban J connectivity index is 1.42. The standard InChI is InChI=1S/C32H40F3N5S/c1-5-39(27-11-6-10-26(16-27)31(12-8-13-31)17-29-24(3)19-40(41)36-29)22-30-28(32(33,34)35)15-25(20-37(30)4)21-38-14-7-9-23(2)18-38/h5-6,10-11,15-16,19-20,22-23,41H,1,7-9,12-14,17-18,21H2,2-4H3/b30-22-/t23-/m0/s1. The summed E-state index contributed by atoms with van der Waals surface area (Å²) in [6, 6.07) is 8.10. The molecule has 3 heterocycles. The zero-order valence-corrected chi connectivity index (χ0v) is 25.1. The van der Waals surface area contributed by atoms with Crippen LogP contribution < -0.4 is 4.90 Å². The van der Waals surface area contributed by atoms with Crippen molar-refractivity contribution in [3.63, 3.8) is 0 Å². The summed E-state index contributed by atoms with van der Waals surface area (Å²) < 4.78 is 44.8. The van der Waals surface area contributed by atoms with E-state index in [1.54, 1.807) is 33.3 Å². The number of piperidine rings is 1. The third kappa shape index (κ3) is 6.46. The summed E-state index contributed by atoms with van der Waals surface area (Å²) in [5, 5.41) is 4.56. The minimum atomic E-state index is -4.49. The van der Waals surface area contributed by atoms with Crippen molar-refractivity contribution in [2.75, 3.05) is 31.6 Å². The molecule has 0 amide bonds. The second-order valence-corrected chi connectivity index (χ2v) is 12.4. The molecule has 41 heavy (non-hydrogen) atoms. The molecule has 2 fully saturated rings. The third-order valence-electron chi connectivity index (χ3n) is 8.82. The van der Waals surface area contributed by atoms with Crippen LogP contribution in [-0.4, -0.2) is 51.8 Å². The van der Waals surface area contributed by atoms with Crippen LogP contribution in [0.25, 0.3) is 0 Å². The zero-order valence-electron chi connectivity index (χ0n) is 24.2. The Morgan fingerprint density at radius 3 is 2.63 bits per heavy atom. The molecule has 2 aromatic rings. The van der Waals surface area contributed by atoms with Crippen molar-refractivity contribution >= 4 is 18.5 Å². The predicted molar refractivity (Wildman–Crippen MR) is 163 cm³/mol. The Kier molecular flexibility index (Phi) is 8.48. The van der Waals surface area contributed by atoms with Crippen LogP contribution in [-0.2, 0) is 11.8 Å². The van der Waals surface area contributed by atoms with Gasteiger partial charge in [0.25, 0.3) is 0 Å². The van der Waals surface area contributed by atoms with Crippen LogP contribution in [0.3, 0.4) is 0 Å². The van der Waals surface area contributed by atoms with Crippen molar-refractivity contribution in [3.05, 3.63) is 95.4 Å². The number of rotatable bonds is 8. The number of hydrogen-bond acceptors (Lipinski definition) is 5. The van der Waals surface area contributed by atoms with Gasteiger partial charge in [0, 0.05) is 62.5 Å². The molecule has 1 aromatic carbocycles. The summed E-state index contributed by atoms with van der Waals surface area (Å²) in [7, 11) is 1.69. The van der Waals surface area contributed by atoms with Gasteiger partial charge in [0.2, 0.25) is 0 Å². The molecule has 0 bridgehead atoms. The normalized spacial score (nSPS) is 22.3. The SMILES string of the molecule is C=CN(/C=C1/C(C(F)(F)F)=CC(CN2CCC[C@H](C)C2)=CN1C)c1cccc(C2(Cc3nn(S)cc3C)CCC2)c1. The molecule has 220 valence electrons. The third-order valence-corrected chi connectivity index (χ3v) is 9.02. The second-order valence-electron chi connectivity index (χ2n) is 12.0. The van der Waals surface area contributed by atoms with E-state index in [2.05, 4.69) is 48.4 Å². The van der Waals surface area contributed by atoms with Gasteiger partial charge < -0.3 is 9.80 Å². The zero-order chi connectivity index (χ0) is 29.4. The van der Waals surface area contributed by atoms with Gasteiger partial charge in [0.1, 0.15) is 0 Å². The lowest BCUT2D eigenvalue weighted by Crippen LogP contribution is -2.37. The van der Waals surface area contributed by atoms with Crippen LogP contribution >= 0.6 is 12.8 Å². The fraction of sp³-hybridized carbons (Fsp3) is 0.469. The average molecular weight is 584 g/mol. The van der Waals surface area contributed by atoms with E-state index in [-0.39, 0.29) is 11.1 Å². The average Bonchev–Trinajstić information content (AvgIpc) is 3.21. The fourth-order valence-corrected chi connectivity index (χ4v) is 6.75. The maximum Gasteiger partial charge on any atom is 0.418 e. The van der Waals surface area contributed by atoms with Gasteiger partial charge in [-0.15, -0.1) is 0 Å². The van der Waals surface area contributed by atoms with E-state index in [1.165, 1.54) is 18.1 Å². The van der Waals surface area contributed by atoms with E-state index in [0.29, 0.717) is 18.0 Å². The molecule has 0 radical (unpaired) electrons. The van der Waals surface area contributed by atoms with E-state index in [1.807, 2.05) is 31.5 Å². The number of likely N-dealkylation sites (N-methyl/N-ethyl adjacent to an activating group) is 1. The number of alkyl halides is 3. The van der Waals surface area contributed by atoms with Gasteiger partial charge in [-0.1, -0.05) is 32.1 Å². The molecule has 1 saturated heterocycles. The Morgan fingerprint density at radius 2 is 2.02 bits per heavy atom. The largest absolute Gasteiger partial charge is 0.418 e. The van der Waals surface area contributed by atoms with Crippen molar-refractivity contribution < 1.29 is 13.2 Å². The molecule has 0 spiro atoms. The maximum absolute atomic E-state index is 14.4. The lowest BCUT2D eigenvalue weighted by molar-refractivity contribution is -0.0912. The minimum Gasteiger partial charge on any atom is -0.349 e. The van der Waals surface area contributed by atoms with E-state index in [9.17, 15) is 13.2 Å². The first-order chi connectivity index (χ1) is 19.5. The van der Waals surface area contributed by atoms with Gasteiger partial charge in [0.15, 0.2) is 0 Å². The number of anilines is 1. The van der Waals surface area contributed by atoms with Gasteiger partial charge in [-0.2, -0.15) is 18.3 Å². The fourth-order valence-electron chi connectivity index (χ4n) is 6.47. The molecular weight excluding hydrogens is 543 g/mol. The first kappa shape index (κ1) is 29.6. The molecule has 1 atom stereocenters. The van der Waals surface area contributed by atoms with Crippen LogP contribution in [0.1, 0.15) is 55.8 Å². The Hall–Kier alpha value is -2.91. The minimum absolute atomic E-state index is 0.0505. The van der Waals surface area contributed by atoms with Crippen molar-refractivity contribution in [1.82, 2.24) is 19.0 Å². The number of thiol groups is 1. The number of hydrogen-bond donors (Lipinski definition) is 1. The number of aryl methyl sites for hydroxylation is 1. The number of halogens is 3. The Morgan fingerprint density at radius 1 is 1.24 bits per heavy atom. The van der Waals surface area contributed by atoms with Crippen LogP contribution in [0.4, 0.5) is 18.9 Å². The molecule has 2 aliphatic heterocycles. The lowest BCUT2D eigenvalue weighted by atomic mass is 9.62. The molecule has 0 unspecified atom stereocenters. The summed E-state index contributed by atoms with van der Waals surface area (Å²) in [4.78, 5) is 5.54. The summed E-state index contributed by atoms with van der Waals surface area (Å²) in [6.45, 7) is 10.5. The van der Waals surface area contributed by atoms with E-state index in [4.69, 9.17) is 0 Å². The predicted octanol–water partition coefficient (Wildman–Crippen LogP) is 7.39. The van der Waals surface area contributed by atoms with Crippen LogP contribution in [0, 0.1) is 12.8 Å². The lowest BCUT2D eigenvalue weighted by Gasteiger charge is -2.43. The second kappa shape index (κ2) is 11.8. The highest BCUT2D eigenvalue weighted by atomic mass is 32.1.